The first-order valence-corrected chi connectivity index (χ1v) is 6.02. The SMILES string of the molecule is Bc1ccc(Cl)cc1[C@@H](CC)OCOCC. The Morgan fingerprint density at radius 2 is 2.12 bits per heavy atom. The fourth-order valence-corrected chi connectivity index (χ4v) is 1.78. The summed E-state index contributed by atoms with van der Waals surface area (Å²) in [7, 11) is 2.07. The monoisotopic (exact) mass is 240 g/mol. The largest absolute Gasteiger partial charge is 0.356 e. The normalized spacial score (nSPS) is 12.7. The highest BCUT2D eigenvalue weighted by Gasteiger charge is 2.12. The Bertz CT molecular complexity index is 331. The Balaban J connectivity index is 2.73. The van der Waals surface area contributed by atoms with Crippen LogP contribution in [0.3, 0.4) is 0 Å². The molecule has 2 nitrogen and oxygen atoms in total. The van der Waals surface area contributed by atoms with Gasteiger partial charge in [0.2, 0.25) is 0 Å². The number of hydrogen-bond donors (Lipinski definition) is 0. The summed E-state index contributed by atoms with van der Waals surface area (Å²) in [6.45, 7) is 5.05. The third kappa shape index (κ3) is 3.82. The average Bonchev–Trinajstić information content (AvgIpc) is 2.28. The molecule has 0 bridgehead atoms. The van der Waals surface area contributed by atoms with Crippen molar-refractivity contribution in [2.45, 2.75) is 26.4 Å². The summed E-state index contributed by atoms with van der Waals surface area (Å²) in [6, 6.07) is 5.89. The fourth-order valence-electron chi connectivity index (χ4n) is 1.60. The van der Waals surface area contributed by atoms with Crippen LogP contribution in [0.4, 0.5) is 0 Å². The number of rotatable bonds is 6. The lowest BCUT2D eigenvalue weighted by atomic mass is 9.87. The molecule has 0 aromatic heterocycles. The molecule has 1 rings (SSSR count). The standard InChI is InChI=1S/C12H18BClO2/c1-3-12(16-8-15-4-2)10-7-9(14)5-6-11(10)13/h5-7,12H,3-4,8,13H2,1-2H3/t12-/m1/s1. The van der Waals surface area contributed by atoms with E-state index < -0.39 is 0 Å². The van der Waals surface area contributed by atoms with Gasteiger partial charge < -0.3 is 9.47 Å². The molecule has 0 radical (unpaired) electrons. The van der Waals surface area contributed by atoms with Crippen molar-refractivity contribution in [3.05, 3.63) is 28.8 Å². The molecule has 0 heterocycles. The number of halogens is 1. The maximum absolute atomic E-state index is 5.99. The van der Waals surface area contributed by atoms with Crippen LogP contribution in [0, 0.1) is 0 Å². The zero-order valence-corrected chi connectivity index (χ0v) is 10.9. The number of benzene rings is 1. The van der Waals surface area contributed by atoms with Gasteiger partial charge in [0, 0.05) is 11.6 Å². The molecule has 1 atom stereocenters. The third-order valence-electron chi connectivity index (χ3n) is 2.52. The van der Waals surface area contributed by atoms with Crippen LogP contribution in [0.1, 0.15) is 31.9 Å². The van der Waals surface area contributed by atoms with Gasteiger partial charge in [0.15, 0.2) is 0 Å². The molecule has 0 fully saturated rings. The molecule has 1 aromatic rings. The van der Waals surface area contributed by atoms with Crippen LogP contribution in [-0.2, 0) is 9.47 Å². The molecule has 0 unspecified atom stereocenters. The maximum Gasteiger partial charge on any atom is 0.147 e. The molecule has 0 aliphatic rings. The van der Waals surface area contributed by atoms with E-state index in [2.05, 4.69) is 14.8 Å². The van der Waals surface area contributed by atoms with E-state index in [-0.39, 0.29) is 6.10 Å². The summed E-state index contributed by atoms with van der Waals surface area (Å²) in [6.07, 6.45) is 0.971. The summed E-state index contributed by atoms with van der Waals surface area (Å²) in [5.74, 6) is 0. The Labute approximate surface area is 103 Å². The Kier molecular flexibility index (Phi) is 5.89. The van der Waals surface area contributed by atoms with E-state index in [9.17, 15) is 0 Å². The van der Waals surface area contributed by atoms with Gasteiger partial charge in [-0.15, -0.1) is 0 Å². The summed E-state index contributed by atoms with van der Waals surface area (Å²) in [5, 5.41) is 0.749. The van der Waals surface area contributed by atoms with Gasteiger partial charge in [-0.05, 0) is 31.0 Å². The summed E-state index contributed by atoms with van der Waals surface area (Å²) < 4.78 is 10.9. The summed E-state index contributed by atoms with van der Waals surface area (Å²) in [4.78, 5) is 0. The van der Waals surface area contributed by atoms with Crippen molar-refractivity contribution in [2.24, 2.45) is 0 Å². The highest BCUT2D eigenvalue weighted by molar-refractivity contribution is 6.35. The predicted molar refractivity (Wildman–Crippen MR) is 70.2 cm³/mol. The van der Waals surface area contributed by atoms with Crippen molar-refractivity contribution < 1.29 is 9.47 Å². The van der Waals surface area contributed by atoms with Crippen molar-refractivity contribution in [1.82, 2.24) is 0 Å². The molecule has 0 amide bonds. The molecule has 4 heteroatoms. The lowest BCUT2D eigenvalue weighted by Crippen LogP contribution is -2.17. The van der Waals surface area contributed by atoms with Crippen LogP contribution in [-0.4, -0.2) is 21.2 Å². The molecule has 0 saturated carbocycles. The lowest BCUT2D eigenvalue weighted by Gasteiger charge is -2.19. The second-order valence-electron chi connectivity index (χ2n) is 3.68. The van der Waals surface area contributed by atoms with Crippen LogP contribution < -0.4 is 5.46 Å². The first-order valence-electron chi connectivity index (χ1n) is 5.64. The third-order valence-corrected chi connectivity index (χ3v) is 2.75. The predicted octanol–water partition coefficient (Wildman–Crippen LogP) is 2.06. The van der Waals surface area contributed by atoms with Gasteiger partial charge in [-0.2, -0.15) is 0 Å². The summed E-state index contributed by atoms with van der Waals surface area (Å²) in [5.41, 5.74) is 2.35. The molecule has 0 saturated heterocycles. The Morgan fingerprint density at radius 3 is 2.75 bits per heavy atom. The quantitative estimate of drug-likeness (QED) is 0.430. The second kappa shape index (κ2) is 6.95. The molecule has 0 N–H and O–H groups in total. The molecule has 1 aromatic carbocycles. The minimum atomic E-state index is 0.0604. The van der Waals surface area contributed by atoms with Gasteiger partial charge in [-0.25, -0.2) is 0 Å². The molecule has 0 aliphatic carbocycles. The topological polar surface area (TPSA) is 18.5 Å². The maximum atomic E-state index is 5.99. The van der Waals surface area contributed by atoms with Crippen LogP contribution in [0.2, 0.25) is 5.02 Å². The van der Waals surface area contributed by atoms with Crippen molar-refractivity contribution in [3.8, 4) is 0 Å². The van der Waals surface area contributed by atoms with Gasteiger partial charge >= 0.3 is 0 Å². The molecule has 88 valence electrons. The first kappa shape index (κ1) is 13.6. The molecular weight excluding hydrogens is 222 g/mol. The summed E-state index contributed by atoms with van der Waals surface area (Å²) >= 11 is 5.99. The minimum absolute atomic E-state index is 0.0604. The molecule has 16 heavy (non-hydrogen) atoms. The second-order valence-corrected chi connectivity index (χ2v) is 4.11. The molecular formula is C12H18BClO2. The van der Waals surface area contributed by atoms with E-state index in [1.807, 2.05) is 25.1 Å². The smallest absolute Gasteiger partial charge is 0.147 e. The van der Waals surface area contributed by atoms with Crippen molar-refractivity contribution in [2.75, 3.05) is 13.4 Å². The van der Waals surface area contributed by atoms with Gasteiger partial charge in [0.1, 0.15) is 14.6 Å². The van der Waals surface area contributed by atoms with Crippen molar-refractivity contribution in [3.63, 3.8) is 0 Å². The lowest BCUT2D eigenvalue weighted by molar-refractivity contribution is -0.0883. The van der Waals surface area contributed by atoms with Crippen LogP contribution in [0.25, 0.3) is 0 Å². The van der Waals surface area contributed by atoms with E-state index >= 15 is 0 Å². The van der Waals surface area contributed by atoms with Crippen LogP contribution in [0.5, 0.6) is 0 Å². The first-order chi connectivity index (χ1) is 7.69. The minimum Gasteiger partial charge on any atom is -0.356 e. The van der Waals surface area contributed by atoms with E-state index in [4.69, 9.17) is 21.1 Å². The van der Waals surface area contributed by atoms with E-state index in [1.165, 1.54) is 5.46 Å². The zero-order valence-electron chi connectivity index (χ0n) is 10.1. The zero-order chi connectivity index (χ0) is 12.0. The fraction of sp³-hybridized carbons (Fsp3) is 0.500. The molecule has 0 aliphatic heterocycles. The van der Waals surface area contributed by atoms with E-state index in [0.29, 0.717) is 13.4 Å². The Morgan fingerprint density at radius 1 is 1.38 bits per heavy atom. The van der Waals surface area contributed by atoms with Crippen LogP contribution >= 0.6 is 11.6 Å². The van der Waals surface area contributed by atoms with E-state index in [1.54, 1.807) is 0 Å². The highest BCUT2D eigenvalue weighted by atomic mass is 35.5. The average molecular weight is 241 g/mol. The van der Waals surface area contributed by atoms with Gasteiger partial charge in [0.05, 0.1) is 6.10 Å². The van der Waals surface area contributed by atoms with E-state index in [0.717, 1.165) is 17.0 Å². The number of hydrogen-bond acceptors (Lipinski definition) is 2. The highest BCUT2D eigenvalue weighted by Crippen LogP contribution is 2.21. The van der Waals surface area contributed by atoms with Gasteiger partial charge in [0.25, 0.3) is 0 Å². The van der Waals surface area contributed by atoms with Crippen molar-refractivity contribution in [1.29, 1.82) is 0 Å². The van der Waals surface area contributed by atoms with Crippen LogP contribution in [0.15, 0.2) is 18.2 Å². The molecule has 0 spiro atoms. The van der Waals surface area contributed by atoms with Gasteiger partial charge in [-0.1, -0.05) is 30.1 Å². The van der Waals surface area contributed by atoms with Crippen molar-refractivity contribution >= 4 is 24.9 Å². The Hall–Kier alpha value is -0.505. The van der Waals surface area contributed by atoms with Gasteiger partial charge in [-0.3, -0.25) is 0 Å². The number of ether oxygens (including phenoxy) is 2.